The minimum atomic E-state index is -0.893. The van der Waals surface area contributed by atoms with Crippen LogP contribution in [0.3, 0.4) is 0 Å². The lowest BCUT2D eigenvalue weighted by molar-refractivity contribution is 0.0899. The molecule has 27 heavy (non-hydrogen) atoms. The molecule has 2 aromatic carbocycles. The number of aromatic nitrogens is 1. The molecule has 0 saturated carbocycles. The highest BCUT2D eigenvalue weighted by Crippen LogP contribution is 2.26. The molecule has 1 amide bonds. The monoisotopic (exact) mass is 368 g/mol. The summed E-state index contributed by atoms with van der Waals surface area (Å²) in [5, 5.41) is 13.1. The number of nitrogens with zero attached hydrogens (tertiary/aromatic N) is 1. The molecule has 0 aliphatic carbocycles. The first-order chi connectivity index (χ1) is 13.0. The number of aryl methyl sites for hydroxylation is 1. The summed E-state index contributed by atoms with van der Waals surface area (Å²) >= 11 is 0. The second-order valence-corrected chi connectivity index (χ2v) is 5.88. The molecule has 0 fully saturated rings. The molecule has 0 bridgehead atoms. The van der Waals surface area contributed by atoms with Crippen LogP contribution in [-0.2, 0) is 6.54 Å². The zero-order chi connectivity index (χ0) is 19.6. The van der Waals surface area contributed by atoms with E-state index in [1.165, 1.54) is 22.8 Å². The first-order valence-corrected chi connectivity index (χ1v) is 8.36. The molecule has 1 heterocycles. The van der Waals surface area contributed by atoms with E-state index in [-0.39, 0.29) is 5.56 Å². The second-order valence-electron chi connectivity index (χ2n) is 5.88. The van der Waals surface area contributed by atoms with Gasteiger partial charge >= 0.3 is 0 Å². The molecule has 0 unspecified atom stereocenters. The molecule has 0 atom stereocenters. The molecule has 0 radical (unpaired) electrons. The van der Waals surface area contributed by atoms with Crippen molar-refractivity contribution >= 4 is 22.6 Å². The smallest absolute Gasteiger partial charge is 0.267 e. The van der Waals surface area contributed by atoms with Crippen LogP contribution in [0.25, 0.3) is 10.9 Å². The number of halogens is 1. The number of benzene rings is 2. The van der Waals surface area contributed by atoms with E-state index in [4.69, 9.17) is 0 Å². The van der Waals surface area contributed by atoms with Gasteiger partial charge in [0.2, 0.25) is 0 Å². The first-order valence-electron chi connectivity index (χ1n) is 8.36. The number of carbonyl (C=O) groups is 2. The number of nitrogens with one attached hydrogen (secondary N) is 1. The third kappa shape index (κ3) is 3.31. The number of fused-ring (bicyclic) bond motifs is 1. The lowest BCUT2D eigenvalue weighted by Gasteiger charge is -2.13. The van der Waals surface area contributed by atoms with Crippen LogP contribution in [-0.4, -0.2) is 27.9 Å². The SMILES string of the molecule is CCn1c(=O)c(C(=O)NCC(=O)c2ccccc2F)c(O)c2ccccc21. The van der Waals surface area contributed by atoms with Crippen LogP contribution in [0.2, 0.25) is 0 Å². The highest BCUT2D eigenvalue weighted by Gasteiger charge is 2.22. The third-order valence-electron chi connectivity index (χ3n) is 4.27. The molecule has 6 nitrogen and oxygen atoms in total. The molecule has 0 spiro atoms. The van der Waals surface area contributed by atoms with Crippen molar-refractivity contribution in [2.24, 2.45) is 0 Å². The van der Waals surface area contributed by atoms with Gasteiger partial charge in [0.25, 0.3) is 11.5 Å². The number of aromatic hydroxyl groups is 1. The fourth-order valence-electron chi connectivity index (χ4n) is 2.94. The fourth-order valence-corrected chi connectivity index (χ4v) is 2.94. The standard InChI is InChI=1S/C20H17FN2O4/c1-2-23-15-10-6-4-8-13(15)18(25)17(20(23)27)19(26)22-11-16(24)12-7-3-5-9-14(12)21/h3-10,25H,2,11H2,1H3,(H,22,26). The van der Waals surface area contributed by atoms with Crippen molar-refractivity contribution in [1.82, 2.24) is 9.88 Å². The van der Waals surface area contributed by atoms with E-state index in [1.807, 2.05) is 0 Å². The molecule has 0 aliphatic heterocycles. The Balaban J connectivity index is 1.93. The Labute approximate surface area is 153 Å². The van der Waals surface area contributed by atoms with Gasteiger partial charge < -0.3 is 15.0 Å². The lowest BCUT2D eigenvalue weighted by Crippen LogP contribution is -2.36. The predicted molar refractivity (Wildman–Crippen MR) is 98.6 cm³/mol. The van der Waals surface area contributed by atoms with Gasteiger partial charge in [0.15, 0.2) is 5.78 Å². The minimum absolute atomic E-state index is 0.161. The number of Topliss-reactive ketones (excluding diaryl/α,β-unsaturated/α-hetero) is 1. The lowest BCUT2D eigenvalue weighted by atomic mass is 10.1. The second kappa shape index (κ2) is 7.41. The number of rotatable bonds is 5. The maximum Gasteiger partial charge on any atom is 0.267 e. The number of hydrogen-bond donors (Lipinski definition) is 2. The predicted octanol–water partition coefficient (Wildman–Crippen LogP) is 2.48. The molecular formula is C20H17FN2O4. The number of para-hydroxylation sites is 1. The average Bonchev–Trinajstić information content (AvgIpc) is 2.67. The average molecular weight is 368 g/mol. The molecule has 2 N–H and O–H groups in total. The summed E-state index contributed by atoms with van der Waals surface area (Å²) in [6, 6.07) is 12.1. The summed E-state index contributed by atoms with van der Waals surface area (Å²) in [6.45, 7) is 1.54. The first kappa shape index (κ1) is 18.3. The Morgan fingerprint density at radius 2 is 1.78 bits per heavy atom. The normalized spacial score (nSPS) is 10.7. The summed E-state index contributed by atoms with van der Waals surface area (Å²) in [6.07, 6.45) is 0. The highest BCUT2D eigenvalue weighted by atomic mass is 19.1. The van der Waals surface area contributed by atoms with Crippen molar-refractivity contribution in [3.63, 3.8) is 0 Å². The van der Waals surface area contributed by atoms with Crippen molar-refractivity contribution in [1.29, 1.82) is 0 Å². The van der Waals surface area contributed by atoms with Crippen LogP contribution in [0.1, 0.15) is 27.6 Å². The Hall–Kier alpha value is -3.48. The van der Waals surface area contributed by atoms with E-state index < -0.39 is 40.9 Å². The quantitative estimate of drug-likeness (QED) is 0.677. The third-order valence-corrected chi connectivity index (χ3v) is 4.27. The van der Waals surface area contributed by atoms with Crippen LogP contribution in [0.5, 0.6) is 5.75 Å². The topological polar surface area (TPSA) is 88.4 Å². The van der Waals surface area contributed by atoms with E-state index in [0.29, 0.717) is 17.4 Å². The number of hydrogen-bond acceptors (Lipinski definition) is 4. The maximum absolute atomic E-state index is 13.7. The molecule has 0 saturated heterocycles. The summed E-state index contributed by atoms with van der Waals surface area (Å²) in [4.78, 5) is 37.2. The van der Waals surface area contributed by atoms with Crippen molar-refractivity contribution in [3.05, 3.63) is 75.8 Å². The molecule has 3 aromatic rings. The van der Waals surface area contributed by atoms with Crippen molar-refractivity contribution in [3.8, 4) is 5.75 Å². The molecule has 1 aromatic heterocycles. The van der Waals surface area contributed by atoms with Crippen molar-refractivity contribution in [2.45, 2.75) is 13.5 Å². The van der Waals surface area contributed by atoms with Gasteiger partial charge in [-0.05, 0) is 31.2 Å². The van der Waals surface area contributed by atoms with Crippen molar-refractivity contribution < 1.29 is 19.1 Å². The van der Waals surface area contributed by atoms with Crippen LogP contribution >= 0.6 is 0 Å². The molecule has 7 heteroatoms. The van der Waals surface area contributed by atoms with Gasteiger partial charge in [0, 0.05) is 11.9 Å². The van der Waals surface area contributed by atoms with E-state index in [9.17, 15) is 23.9 Å². The summed E-state index contributed by atoms with van der Waals surface area (Å²) in [5.74, 6) is -2.68. The number of carbonyl (C=O) groups excluding carboxylic acids is 2. The molecular weight excluding hydrogens is 351 g/mol. The van der Waals surface area contributed by atoms with Crippen LogP contribution < -0.4 is 10.9 Å². The van der Waals surface area contributed by atoms with Crippen LogP contribution in [0, 0.1) is 5.82 Å². The van der Waals surface area contributed by atoms with Crippen LogP contribution in [0.15, 0.2) is 53.3 Å². The van der Waals surface area contributed by atoms with Crippen LogP contribution in [0.4, 0.5) is 4.39 Å². The van der Waals surface area contributed by atoms with Gasteiger partial charge in [-0.15, -0.1) is 0 Å². The van der Waals surface area contributed by atoms with Gasteiger partial charge in [-0.25, -0.2) is 4.39 Å². The summed E-state index contributed by atoms with van der Waals surface area (Å²) < 4.78 is 15.0. The Morgan fingerprint density at radius 1 is 1.11 bits per heavy atom. The Kier molecular flexibility index (Phi) is 5.03. The van der Waals surface area contributed by atoms with E-state index in [1.54, 1.807) is 31.2 Å². The maximum atomic E-state index is 13.7. The number of amides is 1. The summed E-state index contributed by atoms with van der Waals surface area (Å²) in [7, 11) is 0. The number of pyridine rings is 1. The fraction of sp³-hybridized carbons (Fsp3) is 0.150. The Morgan fingerprint density at radius 3 is 2.48 bits per heavy atom. The zero-order valence-electron chi connectivity index (χ0n) is 14.5. The van der Waals surface area contributed by atoms with Gasteiger partial charge in [-0.1, -0.05) is 24.3 Å². The highest BCUT2D eigenvalue weighted by molar-refractivity contribution is 6.05. The molecule has 138 valence electrons. The van der Waals surface area contributed by atoms with Crippen molar-refractivity contribution in [2.75, 3.05) is 6.54 Å². The van der Waals surface area contributed by atoms with Gasteiger partial charge in [0.05, 0.1) is 17.6 Å². The van der Waals surface area contributed by atoms with E-state index in [0.717, 1.165) is 6.07 Å². The van der Waals surface area contributed by atoms with Gasteiger partial charge in [-0.2, -0.15) is 0 Å². The molecule has 0 aliphatic rings. The molecule has 3 rings (SSSR count). The minimum Gasteiger partial charge on any atom is -0.506 e. The number of ketones is 1. The van der Waals surface area contributed by atoms with E-state index in [2.05, 4.69) is 5.32 Å². The van der Waals surface area contributed by atoms with E-state index >= 15 is 0 Å². The summed E-state index contributed by atoms with van der Waals surface area (Å²) in [5.41, 5.74) is -0.769. The van der Waals surface area contributed by atoms with Gasteiger partial charge in [-0.3, -0.25) is 14.4 Å². The largest absolute Gasteiger partial charge is 0.506 e. The Bertz CT molecular complexity index is 1100. The van der Waals surface area contributed by atoms with Gasteiger partial charge in [0.1, 0.15) is 17.1 Å². The zero-order valence-corrected chi connectivity index (χ0v) is 14.5.